The number of nitrogens with one attached hydrogen (secondary N) is 2. The molecule has 0 saturated heterocycles. The van der Waals surface area contributed by atoms with Gasteiger partial charge in [-0.25, -0.2) is 4.79 Å². The zero-order chi connectivity index (χ0) is 15.3. The molecule has 112 valence electrons. The van der Waals surface area contributed by atoms with Crippen molar-refractivity contribution in [3.8, 4) is 0 Å². The molecule has 4 nitrogen and oxygen atoms in total. The highest BCUT2D eigenvalue weighted by Crippen LogP contribution is 2.31. The Labute approximate surface area is 136 Å². The average molecular weight is 408 g/mol. The van der Waals surface area contributed by atoms with E-state index in [0.717, 1.165) is 14.6 Å². The van der Waals surface area contributed by atoms with Crippen LogP contribution in [-0.2, 0) is 4.74 Å². The Morgan fingerprint density at radius 2 is 1.75 bits per heavy atom. The largest absolute Gasteiger partial charge is 0.444 e. The van der Waals surface area contributed by atoms with Crippen molar-refractivity contribution in [1.29, 1.82) is 0 Å². The first-order valence-corrected chi connectivity index (χ1v) is 7.94. The molecule has 0 aliphatic carbocycles. The summed E-state index contributed by atoms with van der Waals surface area (Å²) in [5.74, 6) is 0. The lowest BCUT2D eigenvalue weighted by Crippen LogP contribution is -2.35. The van der Waals surface area contributed by atoms with Gasteiger partial charge in [0.2, 0.25) is 0 Å². The molecule has 0 bridgehead atoms. The molecule has 0 fully saturated rings. The number of halogens is 2. The summed E-state index contributed by atoms with van der Waals surface area (Å²) < 4.78 is 7.13. The Morgan fingerprint density at radius 1 is 1.20 bits per heavy atom. The maximum absolute atomic E-state index is 11.5. The van der Waals surface area contributed by atoms with Gasteiger partial charge >= 0.3 is 6.09 Å². The highest BCUT2D eigenvalue weighted by Gasteiger charge is 2.15. The van der Waals surface area contributed by atoms with E-state index >= 15 is 0 Å². The van der Waals surface area contributed by atoms with Gasteiger partial charge in [0.15, 0.2) is 0 Å². The van der Waals surface area contributed by atoms with Crippen LogP contribution in [0.25, 0.3) is 0 Å². The number of benzene rings is 1. The third-order valence-electron chi connectivity index (χ3n) is 2.28. The van der Waals surface area contributed by atoms with Crippen molar-refractivity contribution in [1.82, 2.24) is 5.32 Å². The predicted molar refractivity (Wildman–Crippen MR) is 89.3 cm³/mol. The molecule has 1 aromatic carbocycles. The summed E-state index contributed by atoms with van der Waals surface area (Å²) in [6, 6.07) is 4.07. The third kappa shape index (κ3) is 6.13. The van der Waals surface area contributed by atoms with E-state index in [1.807, 2.05) is 39.8 Å². The highest BCUT2D eigenvalue weighted by atomic mass is 79.9. The fourth-order valence-electron chi connectivity index (χ4n) is 1.53. The number of alkyl carbamates (subject to hydrolysis) is 1. The Balaban J connectivity index is 2.41. The van der Waals surface area contributed by atoms with E-state index in [1.54, 1.807) is 0 Å². The molecule has 20 heavy (non-hydrogen) atoms. The van der Waals surface area contributed by atoms with Gasteiger partial charge in [0.05, 0.1) is 5.69 Å². The second-order valence-corrected chi connectivity index (χ2v) is 7.17. The van der Waals surface area contributed by atoms with Crippen molar-refractivity contribution in [2.75, 3.05) is 18.4 Å². The Hall–Kier alpha value is -0.750. The molecule has 1 amide bonds. The quantitative estimate of drug-likeness (QED) is 0.724. The lowest BCUT2D eigenvalue weighted by Gasteiger charge is -2.20. The zero-order valence-corrected chi connectivity index (χ0v) is 15.3. The van der Waals surface area contributed by atoms with Crippen LogP contribution in [0.5, 0.6) is 0 Å². The van der Waals surface area contributed by atoms with Crippen LogP contribution in [0.4, 0.5) is 10.5 Å². The molecular formula is C14H20Br2N2O2. The molecule has 6 heteroatoms. The summed E-state index contributed by atoms with van der Waals surface area (Å²) in [6.07, 6.45) is -0.402. The minimum Gasteiger partial charge on any atom is -0.444 e. The summed E-state index contributed by atoms with van der Waals surface area (Å²) in [6.45, 7) is 8.65. The van der Waals surface area contributed by atoms with Gasteiger partial charge in [-0.3, -0.25) is 0 Å². The molecule has 0 unspecified atom stereocenters. The number of hydrogen-bond donors (Lipinski definition) is 2. The van der Waals surface area contributed by atoms with Gasteiger partial charge in [0, 0.05) is 22.0 Å². The number of amides is 1. The summed E-state index contributed by atoms with van der Waals surface area (Å²) in [7, 11) is 0. The van der Waals surface area contributed by atoms with Crippen LogP contribution in [0.1, 0.15) is 26.3 Å². The molecule has 2 N–H and O–H groups in total. The van der Waals surface area contributed by atoms with Crippen LogP contribution < -0.4 is 10.6 Å². The van der Waals surface area contributed by atoms with Gasteiger partial charge in [0.1, 0.15) is 5.60 Å². The first-order valence-electron chi connectivity index (χ1n) is 6.35. The molecular weight excluding hydrogens is 388 g/mol. The van der Waals surface area contributed by atoms with Crippen LogP contribution in [0.15, 0.2) is 21.1 Å². The van der Waals surface area contributed by atoms with Gasteiger partial charge in [-0.1, -0.05) is 0 Å². The first-order chi connectivity index (χ1) is 9.19. The minimum absolute atomic E-state index is 0.402. The monoisotopic (exact) mass is 406 g/mol. The molecule has 0 aromatic heterocycles. The van der Waals surface area contributed by atoms with Gasteiger partial charge in [0.25, 0.3) is 0 Å². The minimum atomic E-state index is -0.472. The number of anilines is 1. The maximum Gasteiger partial charge on any atom is 0.407 e. The van der Waals surface area contributed by atoms with Crippen LogP contribution in [0.2, 0.25) is 0 Å². The van der Waals surface area contributed by atoms with Crippen molar-refractivity contribution in [2.45, 2.75) is 33.3 Å². The van der Waals surface area contributed by atoms with Crippen LogP contribution in [0.3, 0.4) is 0 Å². The van der Waals surface area contributed by atoms with Crippen LogP contribution >= 0.6 is 31.9 Å². The number of ether oxygens (including phenoxy) is 1. The lowest BCUT2D eigenvalue weighted by molar-refractivity contribution is 0.0530. The summed E-state index contributed by atoms with van der Waals surface area (Å²) >= 11 is 7.03. The first kappa shape index (κ1) is 17.3. The smallest absolute Gasteiger partial charge is 0.407 e. The fraction of sp³-hybridized carbons (Fsp3) is 0.500. The summed E-state index contributed by atoms with van der Waals surface area (Å²) in [4.78, 5) is 11.5. The molecule has 1 rings (SSSR count). The van der Waals surface area contributed by atoms with Crippen molar-refractivity contribution in [3.63, 3.8) is 0 Å². The molecule has 0 spiro atoms. The molecule has 0 aliphatic heterocycles. The van der Waals surface area contributed by atoms with Gasteiger partial charge in [-0.2, -0.15) is 0 Å². The van der Waals surface area contributed by atoms with E-state index in [1.165, 1.54) is 5.56 Å². The topological polar surface area (TPSA) is 50.4 Å². The Kier molecular flexibility index (Phi) is 6.33. The van der Waals surface area contributed by atoms with Gasteiger partial charge in [-0.05, 0) is 77.3 Å². The average Bonchev–Trinajstić information content (AvgIpc) is 2.23. The molecule has 0 radical (unpaired) electrons. The van der Waals surface area contributed by atoms with E-state index in [2.05, 4.69) is 42.5 Å². The Morgan fingerprint density at radius 3 is 2.25 bits per heavy atom. The second-order valence-electron chi connectivity index (χ2n) is 5.46. The fourth-order valence-corrected chi connectivity index (χ4v) is 3.23. The number of aryl methyl sites for hydroxylation is 1. The summed E-state index contributed by atoms with van der Waals surface area (Å²) in [5.41, 5.74) is 1.67. The molecule has 0 atom stereocenters. The third-order valence-corrected chi connectivity index (χ3v) is 3.53. The SMILES string of the molecule is Cc1cc(Br)c(NCCNC(=O)OC(C)(C)C)c(Br)c1. The standard InChI is InChI=1S/C14H20Br2N2O2/c1-9-7-10(15)12(11(16)8-9)17-5-6-18-13(19)20-14(2,3)4/h7-8,17H,5-6H2,1-4H3,(H,18,19). The van der Waals surface area contributed by atoms with Crippen molar-refractivity contribution in [2.24, 2.45) is 0 Å². The highest BCUT2D eigenvalue weighted by molar-refractivity contribution is 9.11. The van der Waals surface area contributed by atoms with Crippen molar-refractivity contribution in [3.05, 3.63) is 26.6 Å². The maximum atomic E-state index is 11.5. The molecule has 0 aliphatic rings. The molecule has 0 saturated carbocycles. The normalized spacial score (nSPS) is 11.1. The molecule has 0 heterocycles. The van der Waals surface area contributed by atoms with Crippen LogP contribution in [-0.4, -0.2) is 24.8 Å². The van der Waals surface area contributed by atoms with E-state index in [4.69, 9.17) is 4.74 Å². The number of carbonyl (C=O) groups excluding carboxylic acids is 1. The number of hydrogen-bond acceptors (Lipinski definition) is 3. The zero-order valence-electron chi connectivity index (χ0n) is 12.1. The number of rotatable bonds is 4. The summed E-state index contributed by atoms with van der Waals surface area (Å²) in [5, 5.41) is 5.97. The van der Waals surface area contributed by atoms with Crippen LogP contribution in [0, 0.1) is 6.92 Å². The van der Waals surface area contributed by atoms with E-state index in [-0.39, 0.29) is 0 Å². The van der Waals surface area contributed by atoms with Crippen molar-refractivity contribution >= 4 is 43.6 Å². The van der Waals surface area contributed by atoms with Crippen molar-refractivity contribution < 1.29 is 9.53 Å². The van der Waals surface area contributed by atoms with Gasteiger partial charge in [-0.15, -0.1) is 0 Å². The van der Waals surface area contributed by atoms with E-state index in [9.17, 15) is 4.79 Å². The molecule has 1 aromatic rings. The second kappa shape index (κ2) is 7.31. The predicted octanol–water partition coefficient (Wildman–Crippen LogP) is 4.46. The van der Waals surface area contributed by atoms with E-state index in [0.29, 0.717) is 13.1 Å². The Bertz CT molecular complexity index is 462. The van der Waals surface area contributed by atoms with Gasteiger partial charge < -0.3 is 15.4 Å². The number of carbonyl (C=O) groups is 1. The van der Waals surface area contributed by atoms with E-state index < -0.39 is 11.7 Å². The lowest BCUT2D eigenvalue weighted by atomic mass is 10.2.